The predicted octanol–water partition coefficient (Wildman–Crippen LogP) is 3.49. The Morgan fingerprint density at radius 3 is 2.83 bits per heavy atom. The van der Waals surface area contributed by atoms with E-state index < -0.39 is 0 Å². The number of amides is 1. The molecule has 2 heterocycles. The third-order valence-corrected chi connectivity index (χ3v) is 4.75. The number of pyridine rings is 1. The fraction of sp³-hybridized carbons (Fsp3) is 0.333. The average Bonchev–Trinajstić information content (AvgIpc) is 2.62. The van der Waals surface area contributed by atoms with E-state index in [1.807, 2.05) is 47.6 Å². The third-order valence-electron chi connectivity index (χ3n) is 3.96. The molecule has 1 atom stereocenters. The van der Waals surface area contributed by atoms with Crippen molar-refractivity contribution in [1.29, 1.82) is 0 Å². The standard InChI is InChI=1S/C18H20N2O2S/c1-23-17-7-3-2-6-16(17)18(21)20-12-4-5-15(13-20)22-14-8-10-19-11-9-14/h2-3,6-11,15H,4-5,12-13H2,1H3/t15-/m1/s1. The Bertz CT molecular complexity index is 663. The van der Waals surface area contributed by atoms with Crippen molar-refractivity contribution in [1.82, 2.24) is 9.88 Å². The summed E-state index contributed by atoms with van der Waals surface area (Å²) in [6, 6.07) is 11.5. The molecular weight excluding hydrogens is 308 g/mol. The molecule has 5 heteroatoms. The highest BCUT2D eigenvalue weighted by molar-refractivity contribution is 7.98. The summed E-state index contributed by atoms with van der Waals surface area (Å²) in [5.74, 6) is 0.904. The molecule has 0 unspecified atom stereocenters. The van der Waals surface area contributed by atoms with Gasteiger partial charge in [-0.15, -0.1) is 11.8 Å². The molecule has 1 aliphatic heterocycles. The Labute approximate surface area is 140 Å². The maximum absolute atomic E-state index is 12.8. The summed E-state index contributed by atoms with van der Waals surface area (Å²) in [6.45, 7) is 1.42. The Kier molecular flexibility index (Phi) is 5.18. The van der Waals surface area contributed by atoms with E-state index in [1.165, 1.54) is 0 Å². The minimum absolute atomic E-state index is 0.0385. The van der Waals surface area contributed by atoms with Crippen molar-refractivity contribution < 1.29 is 9.53 Å². The summed E-state index contributed by atoms with van der Waals surface area (Å²) in [5.41, 5.74) is 0.782. The van der Waals surface area contributed by atoms with Crippen LogP contribution < -0.4 is 4.74 Å². The van der Waals surface area contributed by atoms with Crippen LogP contribution in [-0.4, -0.2) is 41.2 Å². The molecule has 0 N–H and O–H groups in total. The summed E-state index contributed by atoms with van der Waals surface area (Å²) < 4.78 is 5.99. The van der Waals surface area contributed by atoms with Gasteiger partial charge in [0.15, 0.2) is 0 Å². The molecule has 0 saturated carbocycles. The van der Waals surface area contributed by atoms with E-state index in [4.69, 9.17) is 4.74 Å². The number of hydrogen-bond acceptors (Lipinski definition) is 4. The average molecular weight is 328 g/mol. The molecule has 1 aromatic carbocycles. The SMILES string of the molecule is CSc1ccccc1C(=O)N1CCC[C@@H](Oc2ccncc2)C1. The van der Waals surface area contributed by atoms with Crippen LogP contribution in [0.5, 0.6) is 5.75 Å². The highest BCUT2D eigenvalue weighted by Crippen LogP contribution is 2.24. The summed E-state index contributed by atoms with van der Waals surface area (Å²) in [5, 5.41) is 0. The van der Waals surface area contributed by atoms with E-state index in [2.05, 4.69) is 4.98 Å². The first kappa shape index (κ1) is 15.9. The van der Waals surface area contributed by atoms with Crippen LogP contribution in [0.2, 0.25) is 0 Å². The van der Waals surface area contributed by atoms with Crippen LogP contribution >= 0.6 is 11.8 Å². The van der Waals surface area contributed by atoms with Gasteiger partial charge in [0, 0.05) is 23.8 Å². The lowest BCUT2D eigenvalue weighted by molar-refractivity contribution is 0.0534. The van der Waals surface area contributed by atoms with Crippen LogP contribution in [0.4, 0.5) is 0 Å². The molecule has 1 saturated heterocycles. The highest BCUT2D eigenvalue weighted by atomic mass is 32.2. The minimum Gasteiger partial charge on any atom is -0.488 e. The third kappa shape index (κ3) is 3.85. The van der Waals surface area contributed by atoms with Gasteiger partial charge in [-0.05, 0) is 43.4 Å². The zero-order valence-corrected chi connectivity index (χ0v) is 14.0. The zero-order valence-electron chi connectivity index (χ0n) is 13.1. The Morgan fingerprint density at radius 1 is 1.26 bits per heavy atom. The van der Waals surface area contributed by atoms with Crippen molar-refractivity contribution >= 4 is 17.7 Å². The summed E-state index contributed by atoms with van der Waals surface area (Å²) in [7, 11) is 0. The van der Waals surface area contributed by atoms with E-state index in [9.17, 15) is 4.79 Å². The molecule has 1 aliphatic rings. The van der Waals surface area contributed by atoms with E-state index >= 15 is 0 Å². The second-order valence-corrected chi connectivity index (χ2v) is 6.36. The molecule has 0 spiro atoms. The minimum atomic E-state index is 0.0385. The summed E-state index contributed by atoms with van der Waals surface area (Å²) in [4.78, 5) is 19.7. The number of nitrogens with zero attached hydrogens (tertiary/aromatic N) is 2. The van der Waals surface area contributed by atoms with Crippen LogP contribution in [0.3, 0.4) is 0 Å². The number of piperidine rings is 1. The van der Waals surface area contributed by atoms with Gasteiger partial charge >= 0.3 is 0 Å². The van der Waals surface area contributed by atoms with E-state index in [-0.39, 0.29) is 12.0 Å². The molecule has 0 bridgehead atoms. The predicted molar refractivity (Wildman–Crippen MR) is 92.0 cm³/mol. The number of carbonyl (C=O) groups excluding carboxylic acids is 1. The van der Waals surface area contributed by atoms with Gasteiger partial charge in [0.1, 0.15) is 11.9 Å². The van der Waals surface area contributed by atoms with Crippen molar-refractivity contribution in [2.45, 2.75) is 23.8 Å². The largest absolute Gasteiger partial charge is 0.488 e. The van der Waals surface area contributed by atoms with E-state index in [0.717, 1.165) is 35.6 Å². The smallest absolute Gasteiger partial charge is 0.255 e. The number of rotatable bonds is 4. The maximum Gasteiger partial charge on any atom is 0.255 e. The van der Waals surface area contributed by atoms with Gasteiger partial charge in [0.25, 0.3) is 5.91 Å². The lowest BCUT2D eigenvalue weighted by atomic mass is 10.1. The number of ether oxygens (including phenoxy) is 1. The second kappa shape index (κ2) is 7.51. The fourth-order valence-electron chi connectivity index (χ4n) is 2.82. The van der Waals surface area contributed by atoms with E-state index in [1.54, 1.807) is 24.2 Å². The van der Waals surface area contributed by atoms with Crippen LogP contribution in [0, 0.1) is 0 Å². The number of benzene rings is 1. The van der Waals surface area contributed by atoms with Crippen molar-refractivity contribution in [3.63, 3.8) is 0 Å². The van der Waals surface area contributed by atoms with Gasteiger partial charge in [-0.3, -0.25) is 9.78 Å². The molecular formula is C18H20N2O2S. The van der Waals surface area contributed by atoms with E-state index in [0.29, 0.717) is 6.54 Å². The zero-order chi connectivity index (χ0) is 16.1. The summed E-state index contributed by atoms with van der Waals surface area (Å²) in [6.07, 6.45) is 7.40. The Morgan fingerprint density at radius 2 is 2.04 bits per heavy atom. The normalized spacial score (nSPS) is 17.8. The highest BCUT2D eigenvalue weighted by Gasteiger charge is 2.26. The van der Waals surface area contributed by atoms with Gasteiger partial charge in [-0.2, -0.15) is 0 Å². The van der Waals surface area contributed by atoms with Crippen molar-refractivity contribution in [3.8, 4) is 5.75 Å². The quantitative estimate of drug-likeness (QED) is 0.806. The fourth-order valence-corrected chi connectivity index (χ4v) is 3.41. The van der Waals surface area contributed by atoms with Gasteiger partial charge in [-0.25, -0.2) is 0 Å². The second-order valence-electron chi connectivity index (χ2n) is 5.52. The van der Waals surface area contributed by atoms with Gasteiger partial charge in [-0.1, -0.05) is 12.1 Å². The number of aromatic nitrogens is 1. The van der Waals surface area contributed by atoms with Gasteiger partial charge in [0.05, 0.1) is 12.1 Å². The molecule has 0 radical (unpaired) electrons. The first-order valence-corrected chi connectivity index (χ1v) is 8.99. The molecule has 23 heavy (non-hydrogen) atoms. The van der Waals surface area contributed by atoms with Gasteiger partial charge < -0.3 is 9.64 Å². The lowest BCUT2D eigenvalue weighted by Crippen LogP contribution is -2.44. The Balaban J connectivity index is 1.69. The number of hydrogen-bond donors (Lipinski definition) is 0. The van der Waals surface area contributed by atoms with Gasteiger partial charge in [0.2, 0.25) is 0 Å². The lowest BCUT2D eigenvalue weighted by Gasteiger charge is -2.33. The van der Waals surface area contributed by atoms with Crippen molar-refractivity contribution in [2.75, 3.05) is 19.3 Å². The molecule has 1 fully saturated rings. The first-order valence-electron chi connectivity index (χ1n) is 7.77. The first-order chi connectivity index (χ1) is 11.3. The van der Waals surface area contributed by atoms with Crippen LogP contribution in [0.15, 0.2) is 53.7 Å². The maximum atomic E-state index is 12.8. The number of likely N-dealkylation sites (tertiary alicyclic amines) is 1. The molecule has 2 aromatic rings. The molecule has 4 nitrogen and oxygen atoms in total. The Hall–Kier alpha value is -2.01. The number of carbonyl (C=O) groups is 1. The van der Waals surface area contributed by atoms with Crippen LogP contribution in [0.1, 0.15) is 23.2 Å². The van der Waals surface area contributed by atoms with Crippen molar-refractivity contribution in [3.05, 3.63) is 54.4 Å². The summed E-state index contributed by atoms with van der Waals surface area (Å²) >= 11 is 1.61. The molecule has 1 aromatic heterocycles. The van der Waals surface area contributed by atoms with Crippen LogP contribution in [0.25, 0.3) is 0 Å². The monoisotopic (exact) mass is 328 g/mol. The molecule has 0 aliphatic carbocycles. The van der Waals surface area contributed by atoms with Crippen molar-refractivity contribution in [2.24, 2.45) is 0 Å². The number of thioether (sulfide) groups is 1. The molecule has 1 amide bonds. The molecule has 120 valence electrons. The molecule has 3 rings (SSSR count). The van der Waals surface area contributed by atoms with Crippen LogP contribution in [-0.2, 0) is 0 Å². The topological polar surface area (TPSA) is 42.4 Å².